The SMILES string of the molecule is COc1ccc(CNC(=O)CCNC(=O)NC2CCCCC2)cc1. The highest BCUT2D eigenvalue weighted by Crippen LogP contribution is 2.17. The van der Waals surface area contributed by atoms with Gasteiger partial charge in [-0.1, -0.05) is 31.4 Å². The first-order chi connectivity index (χ1) is 11.7. The first-order valence-corrected chi connectivity index (χ1v) is 8.61. The molecular formula is C18H27N3O3. The van der Waals surface area contributed by atoms with Crippen molar-refractivity contribution in [3.8, 4) is 5.75 Å². The third kappa shape index (κ3) is 6.48. The highest BCUT2D eigenvalue weighted by molar-refractivity contribution is 5.78. The summed E-state index contributed by atoms with van der Waals surface area (Å²) in [4.78, 5) is 23.6. The molecule has 1 aromatic carbocycles. The molecule has 3 amide bonds. The number of nitrogens with one attached hydrogen (secondary N) is 3. The molecule has 0 saturated heterocycles. The van der Waals surface area contributed by atoms with Crippen LogP contribution in [0.2, 0.25) is 0 Å². The summed E-state index contributed by atoms with van der Waals surface area (Å²) in [6.45, 7) is 0.810. The van der Waals surface area contributed by atoms with Crippen LogP contribution in [0.1, 0.15) is 44.1 Å². The smallest absolute Gasteiger partial charge is 0.315 e. The van der Waals surface area contributed by atoms with Crippen LogP contribution in [-0.2, 0) is 11.3 Å². The Balaban J connectivity index is 1.57. The van der Waals surface area contributed by atoms with Gasteiger partial charge in [0.2, 0.25) is 5.91 Å². The molecule has 6 nitrogen and oxygen atoms in total. The lowest BCUT2D eigenvalue weighted by Gasteiger charge is -2.22. The number of benzene rings is 1. The minimum atomic E-state index is -0.176. The van der Waals surface area contributed by atoms with Gasteiger partial charge in [0.25, 0.3) is 0 Å². The van der Waals surface area contributed by atoms with E-state index in [4.69, 9.17) is 4.74 Å². The van der Waals surface area contributed by atoms with Gasteiger partial charge < -0.3 is 20.7 Å². The topological polar surface area (TPSA) is 79.5 Å². The quantitative estimate of drug-likeness (QED) is 0.716. The van der Waals surface area contributed by atoms with Crippen molar-refractivity contribution in [2.75, 3.05) is 13.7 Å². The molecule has 1 saturated carbocycles. The van der Waals surface area contributed by atoms with Gasteiger partial charge in [0, 0.05) is 25.6 Å². The Labute approximate surface area is 143 Å². The minimum absolute atomic E-state index is 0.0798. The molecule has 3 N–H and O–H groups in total. The van der Waals surface area contributed by atoms with E-state index in [0.717, 1.165) is 24.2 Å². The molecule has 0 radical (unpaired) electrons. The maximum absolute atomic E-state index is 11.8. The number of urea groups is 1. The van der Waals surface area contributed by atoms with Crippen molar-refractivity contribution in [2.45, 2.75) is 51.1 Å². The van der Waals surface area contributed by atoms with E-state index in [-0.39, 0.29) is 24.4 Å². The van der Waals surface area contributed by atoms with Crippen LogP contribution in [0.4, 0.5) is 4.79 Å². The standard InChI is InChI=1S/C18H27N3O3/c1-24-16-9-7-14(8-10-16)13-20-17(22)11-12-19-18(23)21-15-5-3-2-4-6-15/h7-10,15H,2-6,11-13H2,1H3,(H,20,22)(H2,19,21,23). The van der Waals surface area contributed by atoms with Gasteiger partial charge in [-0.2, -0.15) is 0 Å². The van der Waals surface area contributed by atoms with E-state index in [1.165, 1.54) is 19.3 Å². The van der Waals surface area contributed by atoms with Crippen LogP contribution in [0.25, 0.3) is 0 Å². The van der Waals surface area contributed by atoms with Gasteiger partial charge in [-0.25, -0.2) is 4.79 Å². The van der Waals surface area contributed by atoms with Gasteiger partial charge in [0.15, 0.2) is 0 Å². The second kappa shape index (κ2) is 9.80. The Hall–Kier alpha value is -2.24. The van der Waals surface area contributed by atoms with Crippen LogP contribution in [0.15, 0.2) is 24.3 Å². The van der Waals surface area contributed by atoms with E-state index < -0.39 is 0 Å². The third-order valence-electron chi connectivity index (χ3n) is 4.23. The number of hydrogen-bond donors (Lipinski definition) is 3. The van der Waals surface area contributed by atoms with E-state index in [1.807, 2.05) is 24.3 Å². The molecule has 0 spiro atoms. The largest absolute Gasteiger partial charge is 0.497 e. The molecule has 24 heavy (non-hydrogen) atoms. The zero-order valence-electron chi connectivity index (χ0n) is 14.3. The zero-order valence-corrected chi connectivity index (χ0v) is 14.3. The summed E-state index contributed by atoms with van der Waals surface area (Å²) >= 11 is 0. The molecule has 1 aromatic rings. The maximum atomic E-state index is 11.8. The summed E-state index contributed by atoms with van der Waals surface area (Å²) < 4.78 is 5.09. The van der Waals surface area contributed by atoms with Crippen molar-refractivity contribution < 1.29 is 14.3 Å². The number of rotatable bonds is 7. The predicted octanol–water partition coefficient (Wildman–Crippen LogP) is 2.33. The number of hydrogen-bond acceptors (Lipinski definition) is 3. The average Bonchev–Trinajstić information content (AvgIpc) is 2.61. The monoisotopic (exact) mass is 333 g/mol. The molecule has 0 bridgehead atoms. The van der Waals surface area contributed by atoms with Gasteiger partial charge >= 0.3 is 6.03 Å². The Morgan fingerprint density at radius 3 is 2.46 bits per heavy atom. The van der Waals surface area contributed by atoms with Gasteiger partial charge in [-0.05, 0) is 30.5 Å². The first kappa shape index (κ1) is 18.1. The number of carbonyl (C=O) groups is 2. The van der Waals surface area contributed by atoms with E-state index in [1.54, 1.807) is 7.11 Å². The van der Waals surface area contributed by atoms with Crippen molar-refractivity contribution in [1.82, 2.24) is 16.0 Å². The van der Waals surface area contributed by atoms with Crippen LogP contribution in [0, 0.1) is 0 Å². The van der Waals surface area contributed by atoms with Crippen LogP contribution in [0.3, 0.4) is 0 Å². The molecule has 1 aliphatic carbocycles. The molecule has 1 fully saturated rings. The predicted molar refractivity (Wildman–Crippen MR) is 92.9 cm³/mol. The summed E-state index contributed by atoms with van der Waals surface area (Å²) in [5, 5.41) is 8.55. The molecule has 0 unspecified atom stereocenters. The highest BCUT2D eigenvalue weighted by atomic mass is 16.5. The van der Waals surface area contributed by atoms with Crippen molar-refractivity contribution >= 4 is 11.9 Å². The van der Waals surface area contributed by atoms with Gasteiger partial charge in [-0.3, -0.25) is 4.79 Å². The number of ether oxygens (including phenoxy) is 1. The Kier molecular flexibility index (Phi) is 7.39. The summed E-state index contributed by atoms with van der Waals surface area (Å²) in [5.74, 6) is 0.710. The minimum Gasteiger partial charge on any atom is -0.497 e. The maximum Gasteiger partial charge on any atom is 0.315 e. The number of methoxy groups -OCH3 is 1. The lowest BCUT2D eigenvalue weighted by Crippen LogP contribution is -2.43. The second-order valence-corrected chi connectivity index (χ2v) is 6.11. The molecule has 0 atom stereocenters. The van der Waals surface area contributed by atoms with E-state index in [9.17, 15) is 9.59 Å². The van der Waals surface area contributed by atoms with E-state index >= 15 is 0 Å². The fourth-order valence-electron chi connectivity index (χ4n) is 2.81. The molecule has 132 valence electrons. The Morgan fingerprint density at radius 2 is 1.79 bits per heavy atom. The Bertz CT molecular complexity index is 525. The lowest BCUT2D eigenvalue weighted by molar-refractivity contribution is -0.121. The number of carbonyl (C=O) groups excluding carboxylic acids is 2. The van der Waals surface area contributed by atoms with Crippen LogP contribution in [-0.4, -0.2) is 31.6 Å². The molecular weight excluding hydrogens is 306 g/mol. The van der Waals surface area contributed by atoms with E-state index in [2.05, 4.69) is 16.0 Å². The first-order valence-electron chi connectivity index (χ1n) is 8.61. The summed E-state index contributed by atoms with van der Waals surface area (Å²) in [6, 6.07) is 7.65. The fourth-order valence-corrected chi connectivity index (χ4v) is 2.81. The Morgan fingerprint density at radius 1 is 1.08 bits per heavy atom. The van der Waals surface area contributed by atoms with Crippen LogP contribution < -0.4 is 20.7 Å². The van der Waals surface area contributed by atoms with E-state index in [0.29, 0.717) is 13.1 Å². The molecule has 0 aromatic heterocycles. The zero-order chi connectivity index (χ0) is 17.2. The van der Waals surface area contributed by atoms with Gasteiger partial charge in [0.1, 0.15) is 5.75 Å². The van der Waals surface area contributed by atoms with Crippen LogP contribution >= 0.6 is 0 Å². The molecule has 1 aliphatic rings. The molecule has 6 heteroatoms. The van der Waals surface area contributed by atoms with Crippen LogP contribution in [0.5, 0.6) is 5.75 Å². The summed E-state index contributed by atoms with van der Waals surface area (Å²) in [7, 11) is 1.62. The molecule has 0 aliphatic heterocycles. The van der Waals surface area contributed by atoms with Gasteiger partial charge in [0.05, 0.1) is 7.11 Å². The second-order valence-electron chi connectivity index (χ2n) is 6.11. The van der Waals surface area contributed by atoms with Crippen molar-refractivity contribution in [3.63, 3.8) is 0 Å². The normalized spacial score (nSPS) is 14.7. The average molecular weight is 333 g/mol. The van der Waals surface area contributed by atoms with Gasteiger partial charge in [-0.15, -0.1) is 0 Å². The summed E-state index contributed by atoms with van der Waals surface area (Å²) in [5.41, 5.74) is 1.01. The fraction of sp³-hybridized carbons (Fsp3) is 0.556. The molecule has 2 rings (SSSR count). The van der Waals surface area contributed by atoms with Crippen molar-refractivity contribution in [2.24, 2.45) is 0 Å². The van der Waals surface area contributed by atoms with Crippen molar-refractivity contribution in [1.29, 1.82) is 0 Å². The molecule has 0 heterocycles. The lowest BCUT2D eigenvalue weighted by atomic mass is 9.96. The number of amides is 3. The van der Waals surface area contributed by atoms with Crippen molar-refractivity contribution in [3.05, 3.63) is 29.8 Å². The highest BCUT2D eigenvalue weighted by Gasteiger charge is 2.15. The third-order valence-corrected chi connectivity index (χ3v) is 4.23. The summed E-state index contributed by atoms with van der Waals surface area (Å²) in [6.07, 6.45) is 5.99.